The van der Waals surface area contributed by atoms with Gasteiger partial charge in [-0.3, -0.25) is 0 Å². The summed E-state index contributed by atoms with van der Waals surface area (Å²) in [7, 11) is 0. The van der Waals surface area contributed by atoms with E-state index in [1.807, 2.05) is 49.5 Å². The molecule has 0 bridgehead atoms. The van der Waals surface area contributed by atoms with Gasteiger partial charge < -0.3 is 15.2 Å². The van der Waals surface area contributed by atoms with Crippen LogP contribution in [-0.4, -0.2) is 26.5 Å². The second kappa shape index (κ2) is 9.97. The lowest BCUT2D eigenvalue weighted by atomic mass is 9.99. The standard InChI is InChI=1S/C29H30N6/c1-4-16-35(28-14-15-30-29(34-28)33-25-8-6-5-7-9-25)19-24-17-22(11-10-20(24)2)23-12-13-26-27(18-23)32-21(3)31-26/h5-15,17-18H,4,16,19H2,1-3H3,(H,31,32)(H,30,33,34). The molecule has 2 heterocycles. The molecule has 3 aromatic carbocycles. The number of hydrogen-bond donors (Lipinski definition) is 2. The summed E-state index contributed by atoms with van der Waals surface area (Å²) in [4.78, 5) is 19.4. The van der Waals surface area contributed by atoms with Gasteiger partial charge in [0.1, 0.15) is 11.6 Å². The summed E-state index contributed by atoms with van der Waals surface area (Å²) in [5, 5.41) is 3.31. The van der Waals surface area contributed by atoms with Crippen molar-refractivity contribution in [3.05, 3.63) is 95.9 Å². The molecular weight excluding hydrogens is 432 g/mol. The zero-order valence-corrected chi connectivity index (χ0v) is 20.4. The Morgan fingerprint density at radius 3 is 2.51 bits per heavy atom. The fourth-order valence-electron chi connectivity index (χ4n) is 4.32. The number of anilines is 3. The molecule has 0 saturated carbocycles. The second-order valence-corrected chi connectivity index (χ2v) is 8.85. The summed E-state index contributed by atoms with van der Waals surface area (Å²) in [6.07, 6.45) is 2.85. The van der Waals surface area contributed by atoms with Crippen LogP contribution in [0.15, 0.2) is 79.0 Å². The van der Waals surface area contributed by atoms with Gasteiger partial charge in [0.25, 0.3) is 0 Å². The topological polar surface area (TPSA) is 69.7 Å². The van der Waals surface area contributed by atoms with Crippen molar-refractivity contribution < 1.29 is 0 Å². The smallest absolute Gasteiger partial charge is 0.229 e. The molecule has 0 amide bonds. The van der Waals surface area contributed by atoms with E-state index in [0.717, 1.165) is 47.9 Å². The number of aromatic amines is 1. The van der Waals surface area contributed by atoms with Crippen LogP contribution in [0, 0.1) is 13.8 Å². The van der Waals surface area contributed by atoms with Crippen LogP contribution in [0.2, 0.25) is 0 Å². The number of H-pyrrole nitrogens is 1. The van der Waals surface area contributed by atoms with E-state index in [1.54, 1.807) is 0 Å². The quantitative estimate of drug-likeness (QED) is 0.265. The lowest BCUT2D eigenvalue weighted by Gasteiger charge is -2.25. The summed E-state index contributed by atoms with van der Waals surface area (Å²) >= 11 is 0. The molecular formula is C29H30N6. The van der Waals surface area contributed by atoms with Gasteiger partial charge in [-0.15, -0.1) is 0 Å². The predicted octanol–water partition coefficient (Wildman–Crippen LogP) is 6.80. The van der Waals surface area contributed by atoms with Crippen LogP contribution >= 0.6 is 0 Å². The second-order valence-electron chi connectivity index (χ2n) is 8.85. The molecule has 0 saturated heterocycles. The van der Waals surface area contributed by atoms with Gasteiger partial charge in [-0.1, -0.05) is 43.3 Å². The van der Waals surface area contributed by atoms with Crippen molar-refractivity contribution in [3.8, 4) is 11.1 Å². The summed E-state index contributed by atoms with van der Waals surface area (Å²) in [6.45, 7) is 8.04. The summed E-state index contributed by atoms with van der Waals surface area (Å²) < 4.78 is 0. The van der Waals surface area contributed by atoms with Crippen LogP contribution in [0.1, 0.15) is 30.3 Å². The maximum atomic E-state index is 4.82. The number of rotatable bonds is 8. The highest BCUT2D eigenvalue weighted by atomic mass is 15.2. The summed E-state index contributed by atoms with van der Waals surface area (Å²) in [6, 6.07) is 25.1. The Kier molecular flexibility index (Phi) is 6.44. The van der Waals surface area contributed by atoms with Crippen molar-refractivity contribution in [2.45, 2.75) is 33.7 Å². The normalized spacial score (nSPS) is 11.1. The fraction of sp³-hybridized carbons (Fsp3) is 0.207. The van der Waals surface area contributed by atoms with Crippen LogP contribution in [0.3, 0.4) is 0 Å². The van der Waals surface area contributed by atoms with Gasteiger partial charge >= 0.3 is 0 Å². The highest BCUT2D eigenvalue weighted by Gasteiger charge is 2.13. The Morgan fingerprint density at radius 2 is 1.69 bits per heavy atom. The van der Waals surface area contributed by atoms with Gasteiger partial charge in [0, 0.05) is 25.0 Å². The number of fused-ring (bicyclic) bond motifs is 1. The van der Waals surface area contributed by atoms with Gasteiger partial charge in [0.05, 0.1) is 11.0 Å². The molecule has 0 atom stereocenters. The van der Waals surface area contributed by atoms with Crippen molar-refractivity contribution in [1.29, 1.82) is 0 Å². The molecule has 176 valence electrons. The Hall–Kier alpha value is -4.19. The van der Waals surface area contributed by atoms with Crippen LogP contribution in [0.25, 0.3) is 22.2 Å². The van der Waals surface area contributed by atoms with Crippen molar-refractivity contribution in [3.63, 3.8) is 0 Å². The van der Waals surface area contributed by atoms with Crippen LogP contribution in [0.5, 0.6) is 0 Å². The van der Waals surface area contributed by atoms with Crippen molar-refractivity contribution in [1.82, 2.24) is 19.9 Å². The first-order valence-corrected chi connectivity index (χ1v) is 12.1. The minimum absolute atomic E-state index is 0.600. The lowest BCUT2D eigenvalue weighted by Crippen LogP contribution is -2.25. The molecule has 5 aromatic rings. The Labute approximate surface area is 206 Å². The predicted molar refractivity (Wildman–Crippen MR) is 144 cm³/mol. The maximum absolute atomic E-state index is 4.82. The van der Waals surface area contributed by atoms with E-state index in [-0.39, 0.29) is 0 Å². The van der Waals surface area contributed by atoms with E-state index in [9.17, 15) is 0 Å². The SMILES string of the molecule is CCCN(Cc1cc(-c2ccc3nc(C)[nH]c3c2)ccc1C)c1ccnc(Nc2ccccc2)n1. The first-order valence-electron chi connectivity index (χ1n) is 12.1. The van der Waals surface area contributed by atoms with Crippen molar-refractivity contribution in [2.75, 3.05) is 16.8 Å². The molecule has 0 aliphatic rings. The van der Waals surface area contributed by atoms with Crippen molar-refractivity contribution in [2.24, 2.45) is 0 Å². The third-order valence-electron chi connectivity index (χ3n) is 6.13. The Balaban J connectivity index is 1.42. The van der Waals surface area contributed by atoms with Crippen LogP contribution in [-0.2, 0) is 6.54 Å². The maximum Gasteiger partial charge on any atom is 0.229 e. The number of nitrogens with one attached hydrogen (secondary N) is 2. The van der Waals surface area contributed by atoms with Gasteiger partial charge in [0.15, 0.2) is 0 Å². The molecule has 0 aliphatic heterocycles. The van der Waals surface area contributed by atoms with Crippen LogP contribution < -0.4 is 10.2 Å². The van der Waals surface area contributed by atoms with E-state index >= 15 is 0 Å². The fourth-order valence-corrected chi connectivity index (χ4v) is 4.32. The van der Waals surface area contributed by atoms with E-state index in [0.29, 0.717) is 5.95 Å². The highest BCUT2D eigenvalue weighted by Crippen LogP contribution is 2.27. The molecule has 0 aliphatic carbocycles. The van der Waals surface area contributed by atoms with Crippen molar-refractivity contribution >= 4 is 28.5 Å². The van der Waals surface area contributed by atoms with Gasteiger partial charge in [-0.05, 0) is 78.9 Å². The third-order valence-corrected chi connectivity index (χ3v) is 6.13. The summed E-state index contributed by atoms with van der Waals surface area (Å²) in [5.41, 5.74) is 7.97. The first-order chi connectivity index (χ1) is 17.1. The molecule has 0 fully saturated rings. The minimum atomic E-state index is 0.600. The number of aryl methyl sites for hydroxylation is 2. The average molecular weight is 463 g/mol. The van der Waals surface area contributed by atoms with E-state index in [2.05, 4.69) is 75.4 Å². The van der Waals surface area contributed by atoms with E-state index in [1.165, 1.54) is 22.3 Å². The largest absolute Gasteiger partial charge is 0.352 e. The average Bonchev–Trinajstić information content (AvgIpc) is 3.25. The van der Waals surface area contributed by atoms with Crippen LogP contribution in [0.4, 0.5) is 17.5 Å². The minimum Gasteiger partial charge on any atom is -0.352 e. The number of benzene rings is 3. The molecule has 5 rings (SSSR count). The van der Waals surface area contributed by atoms with Gasteiger partial charge in [0.2, 0.25) is 5.95 Å². The van der Waals surface area contributed by atoms with Gasteiger partial charge in [-0.2, -0.15) is 4.98 Å². The number of aromatic nitrogens is 4. The number of nitrogens with zero attached hydrogens (tertiary/aromatic N) is 4. The van der Waals surface area contributed by atoms with E-state index < -0.39 is 0 Å². The molecule has 0 unspecified atom stereocenters. The lowest BCUT2D eigenvalue weighted by molar-refractivity contribution is 0.751. The Morgan fingerprint density at radius 1 is 0.886 bits per heavy atom. The zero-order chi connectivity index (χ0) is 24.2. The highest BCUT2D eigenvalue weighted by molar-refractivity contribution is 5.82. The van der Waals surface area contributed by atoms with Gasteiger partial charge in [-0.25, -0.2) is 9.97 Å². The number of para-hydroxylation sites is 1. The van der Waals surface area contributed by atoms with E-state index in [4.69, 9.17) is 4.98 Å². The third kappa shape index (κ3) is 5.17. The summed E-state index contributed by atoms with van der Waals surface area (Å²) in [5.74, 6) is 2.45. The monoisotopic (exact) mass is 462 g/mol. The molecule has 2 N–H and O–H groups in total. The molecule has 35 heavy (non-hydrogen) atoms. The Bertz CT molecular complexity index is 1440. The molecule has 0 radical (unpaired) electrons. The number of hydrogen-bond acceptors (Lipinski definition) is 5. The molecule has 6 heteroatoms. The zero-order valence-electron chi connectivity index (χ0n) is 20.4. The molecule has 6 nitrogen and oxygen atoms in total. The molecule has 2 aromatic heterocycles. The molecule has 0 spiro atoms. The first kappa shape index (κ1) is 22.6. The number of imidazole rings is 1.